The number of halogens is 2. The molecule has 0 aromatic heterocycles. The lowest BCUT2D eigenvalue weighted by molar-refractivity contribution is 0.0950. The Bertz CT molecular complexity index is 629. The third kappa shape index (κ3) is 4.39. The van der Waals surface area contributed by atoms with Crippen LogP contribution in [-0.4, -0.2) is 34.1 Å². The van der Waals surface area contributed by atoms with Gasteiger partial charge in [-0.25, -0.2) is 12.8 Å². The molecular weight excluding hydrogens is 321 g/mol. The molecule has 1 aliphatic rings. The van der Waals surface area contributed by atoms with Crippen LogP contribution in [0.1, 0.15) is 23.2 Å². The van der Waals surface area contributed by atoms with Gasteiger partial charge in [0.25, 0.3) is 15.0 Å². The number of hydrogen-bond donors (Lipinski definition) is 1. The van der Waals surface area contributed by atoms with Gasteiger partial charge in [-0.2, -0.15) is 0 Å². The predicted octanol–water partition coefficient (Wildman–Crippen LogP) is 1.91. The summed E-state index contributed by atoms with van der Waals surface area (Å²) in [6.45, 7) is 1.89. The molecule has 0 saturated carbocycles. The standard InChI is InChI=1S/C13H15ClFNO4S/c14-21(18,19)12-7-10(1-2-11(12)15)13(17)16-5-3-9-4-6-20-8-9/h1-2,7,9H,3-6,8H2,(H,16,17). The first-order chi connectivity index (χ1) is 9.88. The maximum Gasteiger partial charge on any atom is 0.264 e. The van der Waals surface area contributed by atoms with Gasteiger partial charge in [0.15, 0.2) is 0 Å². The number of amides is 1. The molecule has 1 fully saturated rings. The molecule has 0 bridgehead atoms. The highest BCUT2D eigenvalue weighted by molar-refractivity contribution is 8.13. The highest BCUT2D eigenvalue weighted by Crippen LogP contribution is 2.20. The molecule has 1 aliphatic heterocycles. The molecule has 1 N–H and O–H groups in total. The Kier molecular flexibility index (Phi) is 5.18. The van der Waals surface area contributed by atoms with E-state index in [1.165, 1.54) is 6.07 Å². The second-order valence-electron chi connectivity index (χ2n) is 4.86. The Morgan fingerprint density at radius 3 is 2.86 bits per heavy atom. The van der Waals surface area contributed by atoms with Crippen LogP contribution < -0.4 is 5.32 Å². The highest BCUT2D eigenvalue weighted by Gasteiger charge is 2.19. The lowest BCUT2D eigenvalue weighted by Gasteiger charge is -2.09. The summed E-state index contributed by atoms with van der Waals surface area (Å²) >= 11 is 0. The first-order valence-electron chi connectivity index (χ1n) is 6.48. The molecule has 1 aromatic carbocycles. The zero-order valence-electron chi connectivity index (χ0n) is 11.1. The molecule has 0 spiro atoms. The van der Waals surface area contributed by atoms with Gasteiger partial charge in [0.05, 0.1) is 0 Å². The minimum Gasteiger partial charge on any atom is -0.381 e. The van der Waals surface area contributed by atoms with E-state index in [9.17, 15) is 17.6 Å². The minimum absolute atomic E-state index is 0.0540. The van der Waals surface area contributed by atoms with Crippen molar-refractivity contribution in [2.45, 2.75) is 17.7 Å². The monoisotopic (exact) mass is 335 g/mol. The van der Waals surface area contributed by atoms with E-state index in [2.05, 4.69) is 5.32 Å². The molecule has 1 heterocycles. The lowest BCUT2D eigenvalue weighted by atomic mass is 10.1. The van der Waals surface area contributed by atoms with E-state index >= 15 is 0 Å². The quantitative estimate of drug-likeness (QED) is 0.834. The van der Waals surface area contributed by atoms with Gasteiger partial charge < -0.3 is 10.1 Å². The molecule has 8 heteroatoms. The fraction of sp³-hybridized carbons (Fsp3) is 0.462. The van der Waals surface area contributed by atoms with Crippen molar-refractivity contribution in [2.24, 2.45) is 5.92 Å². The van der Waals surface area contributed by atoms with Crippen molar-refractivity contribution < 1.29 is 22.3 Å². The number of nitrogens with one attached hydrogen (secondary N) is 1. The van der Waals surface area contributed by atoms with E-state index in [0.29, 0.717) is 19.1 Å². The minimum atomic E-state index is -4.22. The van der Waals surface area contributed by atoms with E-state index < -0.39 is 25.7 Å². The van der Waals surface area contributed by atoms with Gasteiger partial charge in [-0.15, -0.1) is 0 Å². The van der Waals surface area contributed by atoms with Gasteiger partial charge in [-0.3, -0.25) is 4.79 Å². The van der Waals surface area contributed by atoms with Crippen LogP contribution in [0.3, 0.4) is 0 Å². The molecular formula is C13H15ClFNO4S. The molecule has 1 amide bonds. The fourth-order valence-electron chi connectivity index (χ4n) is 2.13. The summed E-state index contributed by atoms with van der Waals surface area (Å²) in [6.07, 6.45) is 1.76. The van der Waals surface area contributed by atoms with E-state index in [0.717, 1.165) is 31.6 Å². The van der Waals surface area contributed by atoms with Crippen LogP contribution in [0.15, 0.2) is 23.1 Å². The Morgan fingerprint density at radius 1 is 1.48 bits per heavy atom. The van der Waals surface area contributed by atoms with E-state index in [-0.39, 0.29) is 5.56 Å². The predicted molar refractivity (Wildman–Crippen MR) is 75.3 cm³/mol. The Labute approximate surface area is 126 Å². The number of hydrogen-bond acceptors (Lipinski definition) is 4. The summed E-state index contributed by atoms with van der Waals surface area (Å²) in [5.41, 5.74) is 0.0540. The molecule has 1 saturated heterocycles. The van der Waals surface area contributed by atoms with Crippen LogP contribution >= 0.6 is 10.7 Å². The van der Waals surface area contributed by atoms with Gasteiger partial charge in [0, 0.05) is 36.0 Å². The molecule has 116 valence electrons. The summed E-state index contributed by atoms with van der Waals surface area (Å²) in [4.78, 5) is 11.2. The van der Waals surface area contributed by atoms with Crippen molar-refractivity contribution >= 4 is 25.6 Å². The number of carbonyl (C=O) groups is 1. The molecule has 21 heavy (non-hydrogen) atoms. The van der Waals surface area contributed by atoms with Crippen LogP contribution in [0, 0.1) is 11.7 Å². The highest BCUT2D eigenvalue weighted by atomic mass is 35.7. The number of ether oxygens (including phenoxy) is 1. The molecule has 1 atom stereocenters. The van der Waals surface area contributed by atoms with Crippen molar-refractivity contribution in [3.8, 4) is 0 Å². The van der Waals surface area contributed by atoms with Crippen LogP contribution in [0.4, 0.5) is 4.39 Å². The smallest absolute Gasteiger partial charge is 0.264 e. The fourth-order valence-corrected chi connectivity index (χ4v) is 3.06. The molecule has 1 aromatic rings. The molecule has 2 rings (SSSR count). The second-order valence-corrected chi connectivity index (χ2v) is 7.39. The largest absolute Gasteiger partial charge is 0.381 e. The lowest BCUT2D eigenvalue weighted by Crippen LogP contribution is -2.26. The van der Waals surface area contributed by atoms with Crippen molar-refractivity contribution in [1.82, 2.24) is 5.32 Å². The number of benzene rings is 1. The SMILES string of the molecule is O=C(NCCC1CCOC1)c1ccc(F)c(S(=O)(=O)Cl)c1. The third-order valence-electron chi connectivity index (χ3n) is 3.32. The summed E-state index contributed by atoms with van der Waals surface area (Å²) in [7, 11) is 0.895. The van der Waals surface area contributed by atoms with Crippen molar-refractivity contribution in [3.63, 3.8) is 0 Å². The summed E-state index contributed by atoms with van der Waals surface area (Å²) in [5, 5.41) is 2.67. The van der Waals surface area contributed by atoms with E-state index in [1.807, 2.05) is 0 Å². The van der Waals surface area contributed by atoms with Gasteiger partial charge in [-0.1, -0.05) is 0 Å². The zero-order valence-corrected chi connectivity index (χ0v) is 12.7. The zero-order chi connectivity index (χ0) is 15.5. The van der Waals surface area contributed by atoms with Crippen molar-refractivity contribution in [2.75, 3.05) is 19.8 Å². The van der Waals surface area contributed by atoms with Gasteiger partial charge in [0.2, 0.25) is 0 Å². The van der Waals surface area contributed by atoms with Gasteiger partial charge in [-0.05, 0) is 37.0 Å². The Balaban J connectivity index is 1.99. The maximum atomic E-state index is 13.4. The summed E-state index contributed by atoms with van der Waals surface area (Å²) in [6, 6.07) is 3.07. The maximum absolute atomic E-state index is 13.4. The Hall–Kier alpha value is -1.18. The summed E-state index contributed by atoms with van der Waals surface area (Å²) in [5.74, 6) is -1.02. The summed E-state index contributed by atoms with van der Waals surface area (Å²) < 4.78 is 41.0. The van der Waals surface area contributed by atoms with Crippen molar-refractivity contribution in [3.05, 3.63) is 29.6 Å². The number of rotatable bonds is 5. The Morgan fingerprint density at radius 2 is 2.24 bits per heavy atom. The molecule has 1 unspecified atom stereocenters. The second kappa shape index (κ2) is 6.72. The average Bonchev–Trinajstić information content (AvgIpc) is 2.91. The van der Waals surface area contributed by atoms with Crippen LogP contribution in [0.25, 0.3) is 0 Å². The van der Waals surface area contributed by atoms with Crippen LogP contribution in [-0.2, 0) is 13.8 Å². The van der Waals surface area contributed by atoms with Crippen molar-refractivity contribution in [1.29, 1.82) is 0 Å². The first kappa shape index (κ1) is 16.2. The molecule has 0 aliphatic carbocycles. The van der Waals surface area contributed by atoms with Crippen LogP contribution in [0.5, 0.6) is 0 Å². The molecule has 0 radical (unpaired) electrons. The normalized spacial score (nSPS) is 18.7. The topological polar surface area (TPSA) is 72.5 Å². The van der Waals surface area contributed by atoms with Crippen LogP contribution in [0.2, 0.25) is 0 Å². The van der Waals surface area contributed by atoms with Gasteiger partial charge in [0.1, 0.15) is 10.7 Å². The van der Waals surface area contributed by atoms with E-state index in [1.54, 1.807) is 0 Å². The van der Waals surface area contributed by atoms with Gasteiger partial charge >= 0.3 is 0 Å². The number of carbonyl (C=O) groups excluding carboxylic acids is 1. The molecule has 5 nitrogen and oxygen atoms in total. The first-order valence-corrected chi connectivity index (χ1v) is 8.79. The average molecular weight is 336 g/mol. The van der Waals surface area contributed by atoms with E-state index in [4.69, 9.17) is 15.4 Å². The third-order valence-corrected chi connectivity index (χ3v) is 4.66.